The second-order valence-electron chi connectivity index (χ2n) is 7.20. The number of nitrogens with one attached hydrogen (secondary N) is 1. The summed E-state index contributed by atoms with van der Waals surface area (Å²) in [5.74, 6) is -1.49. The maximum atomic E-state index is 14.5. The molecule has 7 heteroatoms. The van der Waals surface area contributed by atoms with Crippen molar-refractivity contribution in [3.8, 4) is 0 Å². The number of rotatable bonds is 4. The van der Waals surface area contributed by atoms with Crippen LogP contribution < -0.4 is 15.1 Å². The smallest absolute Gasteiger partial charge is 0.229 e. The van der Waals surface area contributed by atoms with Gasteiger partial charge in [-0.05, 0) is 43.2 Å². The molecule has 0 saturated carbocycles. The van der Waals surface area contributed by atoms with E-state index in [4.69, 9.17) is 11.6 Å². The molecule has 2 aromatic rings. The van der Waals surface area contributed by atoms with Gasteiger partial charge in [0.15, 0.2) is 0 Å². The van der Waals surface area contributed by atoms with Gasteiger partial charge >= 0.3 is 0 Å². The van der Waals surface area contributed by atoms with E-state index in [1.807, 2.05) is 6.07 Å². The van der Waals surface area contributed by atoms with E-state index in [0.717, 1.165) is 25.9 Å². The van der Waals surface area contributed by atoms with Crippen LogP contribution in [0.4, 0.5) is 21.5 Å². The van der Waals surface area contributed by atoms with Gasteiger partial charge in [-0.15, -0.1) is 0 Å². The van der Waals surface area contributed by atoms with Gasteiger partial charge in [0.1, 0.15) is 11.5 Å². The number of nitrogens with zero attached hydrogens (tertiary/aromatic N) is 2. The Kier molecular flexibility index (Phi) is 5.22. The molecule has 1 N–H and O–H groups in total. The molecule has 1 atom stereocenters. The van der Waals surface area contributed by atoms with Crippen LogP contribution in [0, 0.1) is 11.7 Å². The average molecular weight is 402 g/mol. The quantitative estimate of drug-likeness (QED) is 0.840. The van der Waals surface area contributed by atoms with E-state index in [0.29, 0.717) is 16.4 Å². The Morgan fingerprint density at radius 3 is 2.64 bits per heavy atom. The Morgan fingerprint density at radius 2 is 1.89 bits per heavy atom. The summed E-state index contributed by atoms with van der Waals surface area (Å²) in [6.07, 6.45) is 2.19. The summed E-state index contributed by atoms with van der Waals surface area (Å²) in [7, 11) is 0. The fourth-order valence-corrected chi connectivity index (χ4v) is 4.04. The van der Waals surface area contributed by atoms with Gasteiger partial charge in [0.05, 0.1) is 11.6 Å². The molecule has 0 bridgehead atoms. The number of benzene rings is 2. The number of para-hydroxylation sites is 1. The summed E-state index contributed by atoms with van der Waals surface area (Å²) in [4.78, 5) is 28.9. The molecule has 28 heavy (non-hydrogen) atoms. The lowest BCUT2D eigenvalue weighted by molar-refractivity contribution is -0.122. The third-order valence-corrected chi connectivity index (χ3v) is 5.54. The highest BCUT2D eigenvalue weighted by Crippen LogP contribution is 2.33. The topological polar surface area (TPSA) is 52.7 Å². The molecule has 0 aliphatic carbocycles. The Balaban J connectivity index is 1.51. The van der Waals surface area contributed by atoms with Gasteiger partial charge in [-0.2, -0.15) is 0 Å². The van der Waals surface area contributed by atoms with Crippen LogP contribution in [0.5, 0.6) is 0 Å². The third kappa shape index (κ3) is 3.69. The van der Waals surface area contributed by atoms with Crippen LogP contribution in [-0.2, 0) is 9.59 Å². The molecule has 1 unspecified atom stereocenters. The number of carbonyl (C=O) groups excluding carboxylic acids is 2. The number of hydrogen-bond donors (Lipinski definition) is 1. The van der Waals surface area contributed by atoms with Crippen molar-refractivity contribution in [1.82, 2.24) is 0 Å². The summed E-state index contributed by atoms with van der Waals surface area (Å²) < 4.78 is 14.5. The van der Waals surface area contributed by atoms with E-state index >= 15 is 0 Å². The van der Waals surface area contributed by atoms with Crippen LogP contribution >= 0.6 is 11.6 Å². The summed E-state index contributed by atoms with van der Waals surface area (Å²) in [6, 6.07) is 11.8. The van der Waals surface area contributed by atoms with Gasteiger partial charge < -0.3 is 15.1 Å². The Bertz CT molecular complexity index is 914. The molecular weight excluding hydrogens is 381 g/mol. The van der Waals surface area contributed by atoms with Crippen molar-refractivity contribution in [3.05, 3.63) is 53.3 Å². The van der Waals surface area contributed by atoms with Crippen LogP contribution in [0.2, 0.25) is 5.02 Å². The highest BCUT2D eigenvalue weighted by atomic mass is 35.5. The first-order chi connectivity index (χ1) is 13.5. The SMILES string of the molecule is O=C(Nc1c(F)cccc1N1CCCC1)C1CC(=O)N(c2cccc(Cl)c2)C1. The molecule has 2 heterocycles. The molecule has 5 nitrogen and oxygen atoms in total. The highest BCUT2D eigenvalue weighted by molar-refractivity contribution is 6.31. The molecule has 2 fully saturated rings. The van der Waals surface area contributed by atoms with Gasteiger partial charge in [0.25, 0.3) is 0 Å². The van der Waals surface area contributed by atoms with Crippen LogP contribution in [0.3, 0.4) is 0 Å². The lowest BCUT2D eigenvalue weighted by Gasteiger charge is -2.23. The van der Waals surface area contributed by atoms with Crippen molar-refractivity contribution < 1.29 is 14.0 Å². The monoisotopic (exact) mass is 401 g/mol. The molecule has 146 valence electrons. The minimum atomic E-state index is -0.544. The predicted octanol–water partition coefficient (Wildman–Crippen LogP) is 4.07. The zero-order valence-electron chi connectivity index (χ0n) is 15.3. The van der Waals surface area contributed by atoms with Crippen LogP contribution in [0.15, 0.2) is 42.5 Å². The second-order valence-corrected chi connectivity index (χ2v) is 7.64. The second kappa shape index (κ2) is 7.80. The molecule has 2 aliphatic heterocycles. The summed E-state index contributed by atoms with van der Waals surface area (Å²) >= 11 is 6.01. The van der Waals surface area contributed by atoms with E-state index < -0.39 is 11.7 Å². The Hall–Kier alpha value is -2.60. The van der Waals surface area contributed by atoms with Crippen LogP contribution in [-0.4, -0.2) is 31.4 Å². The fraction of sp³-hybridized carbons (Fsp3) is 0.333. The van der Waals surface area contributed by atoms with Crippen molar-refractivity contribution in [1.29, 1.82) is 0 Å². The van der Waals surface area contributed by atoms with Crippen molar-refractivity contribution in [2.24, 2.45) is 5.92 Å². The molecule has 0 aromatic heterocycles. The standard InChI is InChI=1S/C21H21ClFN3O2/c22-15-5-3-6-16(12-15)26-13-14(11-19(26)27)21(28)24-20-17(23)7-4-8-18(20)25-9-1-2-10-25/h3-8,12,14H,1-2,9-11,13H2,(H,24,28). The largest absolute Gasteiger partial charge is 0.370 e. The lowest BCUT2D eigenvalue weighted by Crippen LogP contribution is -2.29. The number of amides is 2. The van der Waals surface area contributed by atoms with Gasteiger partial charge in [-0.1, -0.05) is 23.7 Å². The van der Waals surface area contributed by atoms with Crippen molar-refractivity contribution in [2.45, 2.75) is 19.3 Å². The molecule has 2 aromatic carbocycles. The third-order valence-electron chi connectivity index (χ3n) is 5.30. The summed E-state index contributed by atoms with van der Waals surface area (Å²) in [5.41, 5.74) is 1.56. The first-order valence-corrected chi connectivity index (χ1v) is 9.81. The van der Waals surface area contributed by atoms with E-state index in [2.05, 4.69) is 10.2 Å². The van der Waals surface area contributed by atoms with E-state index in [1.165, 1.54) is 6.07 Å². The van der Waals surface area contributed by atoms with Crippen LogP contribution in [0.25, 0.3) is 0 Å². The summed E-state index contributed by atoms with van der Waals surface area (Å²) in [5, 5.41) is 3.27. The maximum absolute atomic E-state index is 14.5. The molecule has 0 spiro atoms. The number of anilines is 3. The first kappa shape index (κ1) is 18.7. The van der Waals surface area contributed by atoms with E-state index in [1.54, 1.807) is 35.2 Å². The maximum Gasteiger partial charge on any atom is 0.229 e. The molecule has 2 saturated heterocycles. The van der Waals surface area contributed by atoms with Gasteiger partial charge in [0.2, 0.25) is 11.8 Å². The first-order valence-electron chi connectivity index (χ1n) is 9.43. The average Bonchev–Trinajstić information content (AvgIpc) is 3.33. The summed E-state index contributed by atoms with van der Waals surface area (Å²) in [6.45, 7) is 1.94. The minimum Gasteiger partial charge on any atom is -0.370 e. The zero-order valence-corrected chi connectivity index (χ0v) is 16.1. The highest BCUT2D eigenvalue weighted by Gasteiger charge is 2.36. The molecular formula is C21H21ClFN3O2. The van der Waals surface area contributed by atoms with Gasteiger partial charge in [-0.3, -0.25) is 9.59 Å². The normalized spacial score (nSPS) is 19.4. The molecule has 2 aliphatic rings. The predicted molar refractivity (Wildman–Crippen MR) is 108 cm³/mol. The van der Waals surface area contributed by atoms with Gasteiger partial charge in [-0.25, -0.2) is 4.39 Å². The Morgan fingerprint density at radius 1 is 1.14 bits per heavy atom. The fourth-order valence-electron chi connectivity index (χ4n) is 3.86. The van der Waals surface area contributed by atoms with Crippen LogP contribution in [0.1, 0.15) is 19.3 Å². The molecule has 0 radical (unpaired) electrons. The molecule has 2 amide bonds. The lowest BCUT2D eigenvalue weighted by atomic mass is 10.1. The number of hydrogen-bond acceptors (Lipinski definition) is 3. The number of carbonyl (C=O) groups is 2. The van der Waals surface area contributed by atoms with Crippen molar-refractivity contribution in [2.75, 3.05) is 34.8 Å². The van der Waals surface area contributed by atoms with Crippen molar-refractivity contribution >= 4 is 40.5 Å². The molecule has 4 rings (SSSR count). The zero-order chi connectivity index (χ0) is 19.7. The minimum absolute atomic E-state index is 0.0891. The Labute approximate surface area is 168 Å². The van der Waals surface area contributed by atoms with E-state index in [-0.39, 0.29) is 30.5 Å². The van der Waals surface area contributed by atoms with Gasteiger partial charge in [0, 0.05) is 36.8 Å². The number of halogens is 2. The van der Waals surface area contributed by atoms with E-state index in [9.17, 15) is 14.0 Å². The van der Waals surface area contributed by atoms with Crippen molar-refractivity contribution in [3.63, 3.8) is 0 Å².